The molecule has 1 nitrogen and oxygen atoms in total. The predicted octanol–water partition coefficient (Wildman–Crippen LogP) is 2.62. The SMILES string of the molecule is Cc1ccc2c(c1)B(c1ccccc1)c1ccccc1O2. The first-order valence-electron chi connectivity index (χ1n) is 7.25. The van der Waals surface area contributed by atoms with Crippen molar-refractivity contribution in [3.05, 3.63) is 78.4 Å². The van der Waals surface area contributed by atoms with Crippen LogP contribution in [0.5, 0.6) is 11.5 Å². The largest absolute Gasteiger partial charge is 0.458 e. The maximum atomic E-state index is 6.08. The lowest BCUT2D eigenvalue weighted by Crippen LogP contribution is -2.54. The van der Waals surface area contributed by atoms with Gasteiger partial charge in [0.1, 0.15) is 11.5 Å². The van der Waals surface area contributed by atoms with Gasteiger partial charge in [-0.2, -0.15) is 0 Å². The summed E-state index contributed by atoms with van der Waals surface area (Å²) in [5, 5.41) is 0. The lowest BCUT2D eigenvalue weighted by Gasteiger charge is -2.26. The van der Waals surface area contributed by atoms with E-state index < -0.39 is 0 Å². The van der Waals surface area contributed by atoms with Crippen molar-refractivity contribution < 1.29 is 4.74 Å². The van der Waals surface area contributed by atoms with Gasteiger partial charge >= 0.3 is 0 Å². The number of hydrogen-bond acceptors (Lipinski definition) is 1. The molecule has 21 heavy (non-hydrogen) atoms. The van der Waals surface area contributed by atoms with Crippen LogP contribution in [0, 0.1) is 6.92 Å². The fourth-order valence-corrected chi connectivity index (χ4v) is 3.09. The van der Waals surface area contributed by atoms with Crippen molar-refractivity contribution in [1.82, 2.24) is 0 Å². The number of aryl methyl sites for hydroxylation is 1. The second-order valence-corrected chi connectivity index (χ2v) is 5.52. The van der Waals surface area contributed by atoms with Crippen LogP contribution in [-0.2, 0) is 0 Å². The molecule has 1 aliphatic heterocycles. The third kappa shape index (κ3) is 2.04. The van der Waals surface area contributed by atoms with Crippen LogP contribution in [0.1, 0.15) is 5.56 Å². The minimum atomic E-state index is 0.242. The Kier molecular flexibility index (Phi) is 2.82. The average molecular weight is 270 g/mol. The van der Waals surface area contributed by atoms with E-state index in [1.54, 1.807) is 0 Å². The quantitative estimate of drug-likeness (QED) is 0.483. The van der Waals surface area contributed by atoms with Crippen LogP contribution in [-0.4, -0.2) is 6.71 Å². The minimum absolute atomic E-state index is 0.242. The molecule has 0 amide bonds. The number of para-hydroxylation sites is 1. The number of hydrogen-bond donors (Lipinski definition) is 0. The van der Waals surface area contributed by atoms with Crippen LogP contribution >= 0.6 is 0 Å². The monoisotopic (exact) mass is 270 g/mol. The van der Waals surface area contributed by atoms with E-state index in [9.17, 15) is 0 Å². The number of fused-ring (bicyclic) bond motifs is 2. The first kappa shape index (κ1) is 12.3. The molecule has 0 radical (unpaired) electrons. The Morgan fingerprint density at radius 2 is 1.43 bits per heavy atom. The molecule has 100 valence electrons. The molecule has 0 N–H and O–H groups in total. The van der Waals surface area contributed by atoms with Gasteiger partial charge in [-0.05, 0) is 30.0 Å². The van der Waals surface area contributed by atoms with E-state index in [0.717, 1.165) is 11.5 Å². The molecule has 0 spiro atoms. The van der Waals surface area contributed by atoms with Crippen molar-refractivity contribution in [2.75, 3.05) is 0 Å². The third-order valence-electron chi connectivity index (χ3n) is 4.06. The summed E-state index contributed by atoms with van der Waals surface area (Å²) in [6.07, 6.45) is 0. The summed E-state index contributed by atoms with van der Waals surface area (Å²) in [6.45, 7) is 2.37. The van der Waals surface area contributed by atoms with Crippen LogP contribution in [0.2, 0.25) is 0 Å². The highest BCUT2D eigenvalue weighted by Crippen LogP contribution is 2.24. The molecular formula is C19H15BO. The summed E-state index contributed by atoms with van der Waals surface area (Å²) >= 11 is 0. The van der Waals surface area contributed by atoms with Crippen LogP contribution in [0.15, 0.2) is 72.8 Å². The predicted molar refractivity (Wildman–Crippen MR) is 88.8 cm³/mol. The Labute approximate surface area is 125 Å². The molecule has 4 rings (SSSR count). The molecule has 0 unspecified atom stereocenters. The summed E-state index contributed by atoms with van der Waals surface area (Å²) in [4.78, 5) is 0. The van der Waals surface area contributed by atoms with Gasteiger partial charge in [0.15, 0.2) is 0 Å². The molecule has 0 aromatic heterocycles. The van der Waals surface area contributed by atoms with Gasteiger partial charge in [-0.3, -0.25) is 0 Å². The van der Waals surface area contributed by atoms with Gasteiger partial charge in [0.2, 0.25) is 0 Å². The Balaban J connectivity index is 1.98. The van der Waals surface area contributed by atoms with E-state index >= 15 is 0 Å². The van der Waals surface area contributed by atoms with Gasteiger partial charge in [0.25, 0.3) is 6.71 Å². The van der Waals surface area contributed by atoms with Crippen LogP contribution in [0.25, 0.3) is 0 Å². The molecule has 3 aromatic rings. The second-order valence-electron chi connectivity index (χ2n) is 5.52. The molecule has 1 heterocycles. The van der Waals surface area contributed by atoms with Crippen LogP contribution in [0.4, 0.5) is 0 Å². The van der Waals surface area contributed by atoms with Gasteiger partial charge in [0.05, 0.1) is 0 Å². The van der Waals surface area contributed by atoms with E-state index in [-0.39, 0.29) is 6.71 Å². The smallest absolute Gasteiger partial charge is 0.250 e. The third-order valence-corrected chi connectivity index (χ3v) is 4.06. The Bertz CT molecular complexity index is 796. The van der Waals surface area contributed by atoms with Crippen LogP contribution < -0.4 is 21.1 Å². The molecule has 0 saturated carbocycles. The maximum absolute atomic E-state index is 6.08. The molecule has 0 saturated heterocycles. The highest BCUT2D eigenvalue weighted by Gasteiger charge is 2.31. The molecule has 1 aliphatic rings. The fourth-order valence-electron chi connectivity index (χ4n) is 3.09. The highest BCUT2D eigenvalue weighted by atomic mass is 16.5. The first-order valence-corrected chi connectivity index (χ1v) is 7.25. The average Bonchev–Trinajstić information content (AvgIpc) is 2.53. The second kappa shape index (κ2) is 4.82. The van der Waals surface area contributed by atoms with E-state index in [4.69, 9.17) is 4.74 Å². The van der Waals surface area contributed by atoms with Crippen molar-refractivity contribution in [3.63, 3.8) is 0 Å². The lowest BCUT2D eigenvalue weighted by atomic mass is 9.36. The molecule has 0 aliphatic carbocycles. The van der Waals surface area contributed by atoms with E-state index in [2.05, 4.69) is 67.6 Å². The number of benzene rings is 3. The summed E-state index contributed by atoms with van der Waals surface area (Å²) in [5.41, 5.74) is 5.06. The van der Waals surface area contributed by atoms with Crippen LogP contribution in [0.3, 0.4) is 0 Å². The molecular weight excluding hydrogens is 255 g/mol. The topological polar surface area (TPSA) is 9.23 Å². The van der Waals surface area contributed by atoms with Crippen molar-refractivity contribution in [2.24, 2.45) is 0 Å². The standard InChI is InChI=1S/C19H15BO/c1-14-11-12-19-17(13-14)20(15-7-3-2-4-8-15)16-9-5-6-10-18(16)21-19/h2-13H,1H3. The summed E-state index contributed by atoms with van der Waals surface area (Å²) in [5.74, 6) is 1.93. The summed E-state index contributed by atoms with van der Waals surface area (Å²) < 4.78 is 6.08. The Hall–Kier alpha value is -2.48. The van der Waals surface area contributed by atoms with Crippen molar-refractivity contribution >= 4 is 23.1 Å². The zero-order valence-electron chi connectivity index (χ0n) is 11.9. The zero-order chi connectivity index (χ0) is 14.2. The van der Waals surface area contributed by atoms with Gasteiger partial charge < -0.3 is 4.74 Å². The maximum Gasteiger partial charge on any atom is 0.250 e. The number of rotatable bonds is 1. The van der Waals surface area contributed by atoms with Crippen molar-refractivity contribution in [3.8, 4) is 11.5 Å². The van der Waals surface area contributed by atoms with Gasteiger partial charge in [-0.15, -0.1) is 0 Å². The first-order chi connectivity index (χ1) is 10.3. The highest BCUT2D eigenvalue weighted by molar-refractivity contribution is 6.96. The normalized spacial score (nSPS) is 12.3. The van der Waals surface area contributed by atoms with Gasteiger partial charge in [-0.1, -0.05) is 71.7 Å². The Morgan fingerprint density at radius 1 is 0.714 bits per heavy atom. The van der Waals surface area contributed by atoms with E-state index in [1.165, 1.54) is 22.0 Å². The zero-order valence-corrected chi connectivity index (χ0v) is 11.9. The van der Waals surface area contributed by atoms with Gasteiger partial charge in [-0.25, -0.2) is 0 Å². The fraction of sp³-hybridized carbons (Fsp3) is 0.0526. The number of ether oxygens (including phenoxy) is 1. The summed E-state index contributed by atoms with van der Waals surface area (Å²) in [6, 6.07) is 25.4. The van der Waals surface area contributed by atoms with E-state index in [1.807, 2.05) is 12.1 Å². The Morgan fingerprint density at radius 3 is 2.29 bits per heavy atom. The molecule has 0 fully saturated rings. The molecule has 0 bridgehead atoms. The van der Waals surface area contributed by atoms with E-state index in [0.29, 0.717) is 0 Å². The molecule has 0 atom stereocenters. The van der Waals surface area contributed by atoms with Gasteiger partial charge in [0, 0.05) is 0 Å². The summed E-state index contributed by atoms with van der Waals surface area (Å²) in [7, 11) is 0. The molecule has 2 heteroatoms. The van der Waals surface area contributed by atoms with Crippen molar-refractivity contribution in [2.45, 2.75) is 6.92 Å². The van der Waals surface area contributed by atoms with Crippen molar-refractivity contribution in [1.29, 1.82) is 0 Å². The lowest BCUT2D eigenvalue weighted by molar-refractivity contribution is 0.487. The minimum Gasteiger partial charge on any atom is -0.458 e. The molecule has 3 aromatic carbocycles.